The van der Waals surface area contributed by atoms with Gasteiger partial charge < -0.3 is 58.2 Å². The number of hydrogen-bond donors (Lipinski definition) is 3. The lowest BCUT2D eigenvalue weighted by Gasteiger charge is -2.50. The summed E-state index contributed by atoms with van der Waals surface area (Å²) in [7, 11) is 3.50. The topological polar surface area (TPSA) is 214 Å². The Balaban J connectivity index is 1.99. The molecule has 0 aromatic carbocycles. The number of ketones is 1. The maximum atomic E-state index is 13.6. The molecule has 2 fully saturated rings. The number of likely N-dealkylation sites (N-methyl/N-ethyl adjacent to an activating group) is 1. The van der Waals surface area contributed by atoms with Gasteiger partial charge in [-0.2, -0.15) is 0 Å². The van der Waals surface area contributed by atoms with Crippen LogP contribution < -0.4 is 0 Å². The molecule has 0 aliphatic carbocycles. The lowest BCUT2D eigenvalue weighted by atomic mass is 9.79. The van der Waals surface area contributed by atoms with Crippen molar-refractivity contribution in [3.63, 3.8) is 0 Å². The zero-order chi connectivity index (χ0) is 45.9. The average molecular weight is 868 g/mol. The lowest BCUT2D eigenvalue weighted by molar-refractivity contribution is -0.342. The SMILES string of the molecule is CCC1OC(=O)CC(OC(C)=O)[C@H](C)C(O[C@@H]2O[C@H](C)[C@@H](O[C@H]3C[C@@](C)(O)[C@@H](OC(=O)CC(C)C)[C@H](C)O3)[C@H](N(C)C)[C@H]2O)[C@@H](CC=O)C[C@@H](C)C(=O)/C=C\C(C)=C\[C@@H]1CO. The minimum atomic E-state index is -1.51. The number of esters is 3. The first kappa shape index (κ1) is 52.3. The van der Waals surface area contributed by atoms with Gasteiger partial charge in [0.15, 0.2) is 24.5 Å². The Labute approximate surface area is 361 Å². The van der Waals surface area contributed by atoms with Crippen LogP contribution in [0.15, 0.2) is 23.8 Å². The fourth-order valence-corrected chi connectivity index (χ4v) is 8.77. The molecule has 3 aliphatic rings. The van der Waals surface area contributed by atoms with Crippen LogP contribution in [0.1, 0.15) is 108 Å². The number of aldehydes is 1. The second-order valence-electron chi connectivity index (χ2n) is 18.1. The molecule has 3 unspecified atom stereocenters. The van der Waals surface area contributed by atoms with Gasteiger partial charge in [-0.15, -0.1) is 0 Å². The molecule has 16 heteroatoms. The predicted molar refractivity (Wildman–Crippen MR) is 222 cm³/mol. The van der Waals surface area contributed by atoms with Crippen LogP contribution in [0.5, 0.6) is 0 Å². The van der Waals surface area contributed by atoms with Crippen molar-refractivity contribution in [2.45, 2.75) is 181 Å². The normalized spacial score (nSPS) is 39.8. The highest BCUT2D eigenvalue weighted by atomic mass is 16.7. The van der Waals surface area contributed by atoms with Crippen molar-refractivity contribution in [3.8, 4) is 0 Å². The van der Waals surface area contributed by atoms with Crippen LogP contribution in [-0.4, -0.2) is 144 Å². The monoisotopic (exact) mass is 867 g/mol. The first-order chi connectivity index (χ1) is 28.5. The highest BCUT2D eigenvalue weighted by Crippen LogP contribution is 2.38. The number of rotatable bonds is 13. The molecule has 16 nitrogen and oxygen atoms in total. The Morgan fingerprint density at radius 2 is 1.70 bits per heavy atom. The van der Waals surface area contributed by atoms with E-state index in [9.17, 15) is 39.3 Å². The minimum absolute atomic E-state index is 0.0507. The smallest absolute Gasteiger partial charge is 0.309 e. The zero-order valence-electron chi connectivity index (χ0n) is 38.2. The van der Waals surface area contributed by atoms with Gasteiger partial charge in [0, 0.05) is 43.9 Å². The van der Waals surface area contributed by atoms with Gasteiger partial charge in [-0.05, 0) is 72.5 Å². The molecule has 3 heterocycles. The lowest BCUT2D eigenvalue weighted by Crippen LogP contribution is -2.65. The molecule has 0 amide bonds. The Kier molecular flexibility index (Phi) is 20.2. The summed E-state index contributed by atoms with van der Waals surface area (Å²) in [4.78, 5) is 66.3. The van der Waals surface area contributed by atoms with Gasteiger partial charge in [0.05, 0.1) is 37.4 Å². The van der Waals surface area contributed by atoms with Crippen molar-refractivity contribution in [2.75, 3.05) is 20.7 Å². The summed E-state index contributed by atoms with van der Waals surface area (Å²) in [6.45, 7) is 16.7. The van der Waals surface area contributed by atoms with Gasteiger partial charge in [-0.1, -0.05) is 52.3 Å². The van der Waals surface area contributed by atoms with E-state index in [1.165, 1.54) is 13.0 Å². The molecule has 2 saturated heterocycles. The molecular formula is C45H73NO15. The first-order valence-corrected chi connectivity index (χ1v) is 21.7. The van der Waals surface area contributed by atoms with E-state index in [4.69, 9.17) is 33.2 Å². The molecule has 3 aliphatic heterocycles. The fraction of sp³-hybridized carbons (Fsp3) is 0.800. The van der Waals surface area contributed by atoms with E-state index in [0.29, 0.717) is 18.3 Å². The molecule has 0 aromatic rings. The van der Waals surface area contributed by atoms with Crippen molar-refractivity contribution in [3.05, 3.63) is 23.8 Å². The van der Waals surface area contributed by atoms with E-state index in [-0.39, 0.29) is 50.4 Å². The Morgan fingerprint density at radius 1 is 1.03 bits per heavy atom. The van der Waals surface area contributed by atoms with Gasteiger partial charge in [0.25, 0.3) is 0 Å². The van der Waals surface area contributed by atoms with Crippen LogP contribution in [-0.2, 0) is 57.1 Å². The summed E-state index contributed by atoms with van der Waals surface area (Å²) in [6.07, 6.45) is -4.13. The molecule has 3 rings (SSSR count). The van der Waals surface area contributed by atoms with Crippen LogP contribution in [0.2, 0.25) is 0 Å². The number of cyclic esters (lactones) is 1. The summed E-state index contributed by atoms with van der Waals surface area (Å²) in [5.41, 5.74) is -0.831. The van der Waals surface area contributed by atoms with Gasteiger partial charge in [-0.3, -0.25) is 19.2 Å². The fourth-order valence-electron chi connectivity index (χ4n) is 8.77. The summed E-state index contributed by atoms with van der Waals surface area (Å²) >= 11 is 0. The average Bonchev–Trinajstić information content (AvgIpc) is 3.15. The quantitative estimate of drug-likeness (QED) is 0.136. The third-order valence-corrected chi connectivity index (χ3v) is 11.9. The Hall–Kier alpha value is -3.09. The summed E-state index contributed by atoms with van der Waals surface area (Å²) in [5, 5.41) is 33.8. The number of aliphatic hydroxyl groups excluding tert-OH is 2. The molecule has 0 aromatic heterocycles. The Bertz CT molecular complexity index is 1530. The first-order valence-electron chi connectivity index (χ1n) is 21.7. The largest absolute Gasteiger partial charge is 0.462 e. The molecule has 0 bridgehead atoms. The van der Waals surface area contributed by atoms with E-state index in [2.05, 4.69) is 0 Å². The third kappa shape index (κ3) is 14.7. The van der Waals surface area contributed by atoms with Crippen molar-refractivity contribution >= 4 is 30.0 Å². The molecular weight excluding hydrogens is 794 g/mol. The van der Waals surface area contributed by atoms with Crippen molar-refractivity contribution in [1.82, 2.24) is 4.90 Å². The van der Waals surface area contributed by atoms with E-state index in [1.54, 1.807) is 72.7 Å². The molecule has 0 radical (unpaired) electrons. The van der Waals surface area contributed by atoms with Gasteiger partial charge in [0.2, 0.25) is 0 Å². The van der Waals surface area contributed by atoms with Gasteiger partial charge in [-0.25, -0.2) is 0 Å². The van der Waals surface area contributed by atoms with Crippen molar-refractivity contribution in [1.29, 1.82) is 0 Å². The molecule has 61 heavy (non-hydrogen) atoms. The maximum Gasteiger partial charge on any atom is 0.309 e. The maximum absolute atomic E-state index is 13.6. The zero-order valence-corrected chi connectivity index (χ0v) is 38.2. The number of ether oxygens (including phenoxy) is 7. The van der Waals surface area contributed by atoms with Crippen LogP contribution in [0, 0.1) is 29.6 Å². The number of carbonyl (C=O) groups excluding carboxylic acids is 5. The van der Waals surface area contributed by atoms with Crippen LogP contribution >= 0.6 is 0 Å². The number of aliphatic hydroxyl groups is 3. The second kappa shape index (κ2) is 23.6. The molecule has 0 saturated carbocycles. The minimum Gasteiger partial charge on any atom is -0.462 e. The summed E-state index contributed by atoms with van der Waals surface area (Å²) in [5.74, 6) is -4.62. The predicted octanol–water partition coefficient (Wildman–Crippen LogP) is 3.84. The third-order valence-electron chi connectivity index (χ3n) is 11.9. The summed E-state index contributed by atoms with van der Waals surface area (Å²) < 4.78 is 43.0. The van der Waals surface area contributed by atoms with Gasteiger partial charge in [0.1, 0.15) is 36.3 Å². The Morgan fingerprint density at radius 3 is 2.26 bits per heavy atom. The van der Waals surface area contributed by atoms with Crippen LogP contribution in [0.4, 0.5) is 0 Å². The summed E-state index contributed by atoms with van der Waals surface area (Å²) in [6, 6.07) is -0.781. The van der Waals surface area contributed by atoms with E-state index in [0.717, 1.165) is 0 Å². The highest BCUT2D eigenvalue weighted by molar-refractivity contribution is 5.91. The highest BCUT2D eigenvalue weighted by Gasteiger charge is 2.52. The number of carbonyl (C=O) groups is 5. The molecule has 0 spiro atoms. The standard InChI is InChI=1S/C45H73NO15/c1-13-34-32(23-48)19-25(4)14-15-33(50)26(5)20-31(16-17-47)41(27(6)35(57-30(9)49)21-37(52)58-34)61-44-40(53)39(46(11)12)42(28(7)56-44)60-38-22-45(10,54)43(29(8)55-38)59-36(51)18-24(2)3/h14-15,17,19,24,26-29,31-32,34-35,38-44,48,53-54H,13,16,18,20-23H2,1-12H3/b15-14-,25-19+/t26-,27+,28-,29+,31+,32-,34?,35?,38+,39-,40-,41?,42-,43+,44+,45-/m1/s1. The van der Waals surface area contributed by atoms with Crippen molar-refractivity contribution in [2.24, 2.45) is 29.6 Å². The number of nitrogens with zero attached hydrogens (tertiary/aromatic N) is 1. The molecule has 348 valence electrons. The van der Waals surface area contributed by atoms with Crippen LogP contribution in [0.3, 0.4) is 0 Å². The van der Waals surface area contributed by atoms with E-state index in [1.807, 2.05) is 20.8 Å². The molecule has 3 N–H and O–H groups in total. The van der Waals surface area contributed by atoms with Gasteiger partial charge >= 0.3 is 17.9 Å². The second-order valence-corrected chi connectivity index (χ2v) is 18.1. The number of hydrogen-bond acceptors (Lipinski definition) is 16. The van der Waals surface area contributed by atoms with Crippen LogP contribution in [0.25, 0.3) is 0 Å². The van der Waals surface area contributed by atoms with Crippen molar-refractivity contribution < 1.29 is 72.5 Å². The molecule has 16 atom stereocenters. The number of allylic oxidation sites excluding steroid dienone is 3. The van der Waals surface area contributed by atoms with E-state index >= 15 is 0 Å². The van der Waals surface area contributed by atoms with E-state index < -0.39 is 115 Å².